The van der Waals surface area contributed by atoms with Gasteiger partial charge in [-0.05, 0) is 55.1 Å². The molecular weight excluding hydrogens is 486 g/mol. The molecule has 2 aromatic carbocycles. The summed E-state index contributed by atoms with van der Waals surface area (Å²) in [7, 11) is 2.73. The lowest BCUT2D eigenvalue weighted by Crippen LogP contribution is -2.28. The summed E-state index contributed by atoms with van der Waals surface area (Å²) in [6.07, 6.45) is 1.62. The number of methoxy groups -OCH3 is 2. The summed E-state index contributed by atoms with van der Waals surface area (Å²) in [6.45, 7) is 2.25. The van der Waals surface area contributed by atoms with Crippen molar-refractivity contribution in [2.75, 3.05) is 20.8 Å². The maximum Gasteiger partial charge on any atom is 0.337 e. The van der Waals surface area contributed by atoms with E-state index in [0.717, 1.165) is 0 Å². The zero-order valence-corrected chi connectivity index (χ0v) is 20.4. The number of nitrogens with zero attached hydrogens (tertiary/aromatic N) is 3. The molecule has 4 rings (SSSR count). The normalized spacial score (nSPS) is 15.5. The second-order valence-electron chi connectivity index (χ2n) is 7.44. The molecule has 0 N–H and O–H groups in total. The second kappa shape index (κ2) is 10.5. The third-order valence-electron chi connectivity index (χ3n) is 5.26. The number of furan rings is 1. The minimum Gasteiger partial charge on any atom is -0.496 e. The number of nitro benzene ring substituents is 1. The largest absolute Gasteiger partial charge is 0.496 e. The van der Waals surface area contributed by atoms with Crippen LogP contribution in [0.25, 0.3) is 17.4 Å². The van der Waals surface area contributed by atoms with E-state index in [1.165, 1.54) is 43.0 Å². The molecule has 0 unspecified atom stereocenters. The number of likely N-dealkylation sites (N-methyl/N-ethyl adjacent to an activating group) is 1. The van der Waals surface area contributed by atoms with Gasteiger partial charge < -0.3 is 13.9 Å². The highest BCUT2D eigenvalue weighted by Gasteiger charge is 2.32. The Hall–Kier alpha value is -4.38. The van der Waals surface area contributed by atoms with E-state index in [2.05, 4.69) is 4.99 Å². The van der Waals surface area contributed by atoms with Crippen LogP contribution in [0.15, 0.2) is 68.9 Å². The van der Waals surface area contributed by atoms with Gasteiger partial charge in [-0.15, -0.1) is 0 Å². The van der Waals surface area contributed by atoms with Crippen LogP contribution in [0.4, 0.5) is 11.4 Å². The molecule has 184 valence electrons. The number of amides is 1. The maximum absolute atomic E-state index is 13.0. The quantitative estimate of drug-likeness (QED) is 0.183. The molecule has 1 fully saturated rings. The highest BCUT2D eigenvalue weighted by Crippen LogP contribution is 2.37. The molecule has 1 saturated heterocycles. The summed E-state index contributed by atoms with van der Waals surface area (Å²) in [5, 5.41) is 11.5. The van der Waals surface area contributed by atoms with Crippen LogP contribution in [-0.2, 0) is 9.53 Å². The van der Waals surface area contributed by atoms with Crippen molar-refractivity contribution >= 4 is 46.3 Å². The van der Waals surface area contributed by atoms with Gasteiger partial charge in [-0.25, -0.2) is 9.79 Å². The van der Waals surface area contributed by atoms with Crippen molar-refractivity contribution in [1.29, 1.82) is 0 Å². The molecule has 1 aliphatic rings. The lowest BCUT2D eigenvalue weighted by atomic mass is 10.1. The Kier molecular flexibility index (Phi) is 7.20. The number of non-ortho nitro benzene ring substituents is 1. The fraction of sp³-hybridized carbons (Fsp3) is 0.160. The molecule has 0 radical (unpaired) electrons. The fourth-order valence-corrected chi connectivity index (χ4v) is 4.54. The van der Waals surface area contributed by atoms with Gasteiger partial charge >= 0.3 is 5.97 Å². The molecule has 2 heterocycles. The third kappa shape index (κ3) is 5.01. The Morgan fingerprint density at radius 3 is 2.69 bits per heavy atom. The van der Waals surface area contributed by atoms with E-state index in [-0.39, 0.29) is 11.6 Å². The zero-order valence-electron chi connectivity index (χ0n) is 19.6. The molecule has 0 atom stereocenters. The second-order valence-corrected chi connectivity index (χ2v) is 8.45. The molecule has 0 spiro atoms. The van der Waals surface area contributed by atoms with Gasteiger partial charge in [-0.2, -0.15) is 0 Å². The first-order valence-electron chi connectivity index (χ1n) is 10.8. The predicted octanol–water partition coefficient (Wildman–Crippen LogP) is 5.27. The van der Waals surface area contributed by atoms with E-state index in [1.54, 1.807) is 48.5 Å². The van der Waals surface area contributed by atoms with Crippen LogP contribution in [0, 0.1) is 10.1 Å². The van der Waals surface area contributed by atoms with Gasteiger partial charge in [0.2, 0.25) is 0 Å². The molecule has 1 aromatic heterocycles. The minimum absolute atomic E-state index is 0.0963. The highest BCUT2D eigenvalue weighted by atomic mass is 32.2. The summed E-state index contributed by atoms with van der Waals surface area (Å²) in [5.41, 5.74) is 1.32. The average molecular weight is 508 g/mol. The topological polar surface area (TPSA) is 124 Å². The van der Waals surface area contributed by atoms with Gasteiger partial charge in [-0.3, -0.25) is 19.8 Å². The Bertz CT molecular complexity index is 1410. The van der Waals surface area contributed by atoms with Crippen LogP contribution >= 0.6 is 11.8 Å². The molecule has 1 amide bonds. The Labute approximate surface area is 210 Å². The van der Waals surface area contributed by atoms with Crippen molar-refractivity contribution in [3.8, 4) is 17.1 Å². The summed E-state index contributed by atoms with van der Waals surface area (Å²) < 4.78 is 15.9. The number of ether oxygens (including phenoxy) is 2. The number of aliphatic imine (C=N–C) groups is 1. The summed E-state index contributed by atoms with van der Waals surface area (Å²) in [6, 6.07) is 14.3. The first-order valence-corrected chi connectivity index (χ1v) is 11.6. The zero-order chi connectivity index (χ0) is 25.8. The smallest absolute Gasteiger partial charge is 0.337 e. The van der Waals surface area contributed by atoms with E-state index in [1.807, 2.05) is 6.92 Å². The van der Waals surface area contributed by atoms with Crippen LogP contribution in [0.3, 0.4) is 0 Å². The van der Waals surface area contributed by atoms with E-state index in [0.29, 0.717) is 50.7 Å². The third-order valence-corrected chi connectivity index (χ3v) is 6.26. The van der Waals surface area contributed by atoms with Gasteiger partial charge in [0.25, 0.3) is 11.6 Å². The molecule has 10 nitrogen and oxygen atoms in total. The SMILES string of the molecule is CCN1C(=O)C(=Cc2ccc(-c3ccc([N+](=O)[O-])cc3OC)o2)SC1=Nc1cccc(C(=O)OC)c1. The standard InChI is InChI=1S/C25H21N3O7S/c1-4-27-23(29)22(36-25(27)26-16-7-5-6-15(12-16)24(30)34-3)14-18-9-11-20(35-18)19-10-8-17(28(31)32)13-21(19)33-2/h5-14H,4H2,1-3H3. The number of benzene rings is 2. The Morgan fingerprint density at radius 2 is 2.00 bits per heavy atom. The highest BCUT2D eigenvalue weighted by molar-refractivity contribution is 8.18. The molecule has 11 heteroatoms. The number of carbonyl (C=O) groups excluding carboxylic acids is 2. The van der Waals surface area contributed by atoms with Gasteiger partial charge in [-0.1, -0.05) is 6.07 Å². The first-order chi connectivity index (χ1) is 17.3. The van der Waals surface area contributed by atoms with Gasteiger partial charge in [0.15, 0.2) is 5.17 Å². The Balaban J connectivity index is 1.62. The minimum atomic E-state index is -0.502. The number of nitro groups is 1. The molecule has 1 aliphatic heterocycles. The molecular formula is C25H21N3O7S. The van der Waals surface area contributed by atoms with Crippen molar-refractivity contribution < 1.29 is 28.4 Å². The predicted molar refractivity (Wildman–Crippen MR) is 135 cm³/mol. The number of esters is 1. The molecule has 0 saturated carbocycles. The van der Waals surface area contributed by atoms with Crippen molar-refractivity contribution in [3.05, 3.63) is 80.9 Å². The van der Waals surface area contributed by atoms with E-state index < -0.39 is 10.9 Å². The Morgan fingerprint density at radius 1 is 1.19 bits per heavy atom. The molecule has 3 aromatic rings. The van der Waals surface area contributed by atoms with Gasteiger partial charge in [0.05, 0.1) is 46.9 Å². The number of hydrogen-bond acceptors (Lipinski definition) is 9. The van der Waals surface area contributed by atoms with Crippen molar-refractivity contribution in [3.63, 3.8) is 0 Å². The summed E-state index contributed by atoms with van der Waals surface area (Å²) in [4.78, 5) is 41.9. The van der Waals surface area contributed by atoms with Crippen molar-refractivity contribution in [1.82, 2.24) is 4.90 Å². The van der Waals surface area contributed by atoms with E-state index >= 15 is 0 Å². The number of amidine groups is 1. The maximum atomic E-state index is 13.0. The summed E-state index contributed by atoms with van der Waals surface area (Å²) >= 11 is 1.19. The number of hydrogen-bond donors (Lipinski definition) is 0. The van der Waals surface area contributed by atoms with Crippen LogP contribution in [0.1, 0.15) is 23.0 Å². The number of carbonyl (C=O) groups is 2. The van der Waals surface area contributed by atoms with E-state index in [4.69, 9.17) is 13.9 Å². The van der Waals surface area contributed by atoms with Gasteiger partial charge in [0, 0.05) is 18.7 Å². The number of thioether (sulfide) groups is 1. The van der Waals surface area contributed by atoms with E-state index in [9.17, 15) is 19.7 Å². The monoisotopic (exact) mass is 507 g/mol. The lowest BCUT2D eigenvalue weighted by Gasteiger charge is -2.12. The first kappa shape index (κ1) is 24.7. The molecule has 0 bridgehead atoms. The van der Waals surface area contributed by atoms with Crippen LogP contribution in [0.5, 0.6) is 5.75 Å². The van der Waals surface area contributed by atoms with Crippen molar-refractivity contribution in [2.24, 2.45) is 4.99 Å². The van der Waals surface area contributed by atoms with Crippen molar-refractivity contribution in [2.45, 2.75) is 6.92 Å². The van der Waals surface area contributed by atoms with Crippen LogP contribution in [0.2, 0.25) is 0 Å². The van der Waals surface area contributed by atoms with Crippen LogP contribution < -0.4 is 4.74 Å². The van der Waals surface area contributed by atoms with Gasteiger partial charge in [0.1, 0.15) is 17.3 Å². The van der Waals surface area contributed by atoms with Crippen LogP contribution in [-0.4, -0.2) is 47.6 Å². The molecule has 36 heavy (non-hydrogen) atoms. The molecule has 0 aliphatic carbocycles. The fourth-order valence-electron chi connectivity index (χ4n) is 3.50. The lowest BCUT2D eigenvalue weighted by molar-refractivity contribution is -0.384. The average Bonchev–Trinajstić information content (AvgIpc) is 3.47. The number of rotatable bonds is 7. The summed E-state index contributed by atoms with van der Waals surface area (Å²) in [5.74, 6) is 0.454.